The fourth-order valence-corrected chi connectivity index (χ4v) is 3.31. The highest BCUT2D eigenvalue weighted by atomic mass is 35.5. The third-order valence-corrected chi connectivity index (χ3v) is 3.97. The molecule has 0 aliphatic carbocycles. The molecule has 1 aliphatic rings. The smallest absolute Gasteiger partial charge is 0.133 e. The molecule has 102 valence electrons. The van der Waals surface area contributed by atoms with Gasteiger partial charge < -0.3 is 4.90 Å². The summed E-state index contributed by atoms with van der Waals surface area (Å²) in [4.78, 5) is 1.64. The summed E-state index contributed by atoms with van der Waals surface area (Å²) in [6, 6.07) is 7.52. The minimum Gasteiger partial charge on any atom is -0.319 e. The zero-order chi connectivity index (χ0) is 14.4. The standard InChI is InChI=1S/C14H8Cl3FN2/c15-8-3-11(16)13(12(17)4-8)20-6-7-1-2-9(18)5-10(7)14(20)19/h1-5,19H,6H2. The molecule has 1 aliphatic heterocycles. The van der Waals surface area contributed by atoms with Gasteiger partial charge >= 0.3 is 0 Å². The molecule has 3 rings (SSSR count). The summed E-state index contributed by atoms with van der Waals surface area (Å²) in [7, 11) is 0. The van der Waals surface area contributed by atoms with E-state index in [0.717, 1.165) is 5.56 Å². The van der Waals surface area contributed by atoms with E-state index in [0.29, 0.717) is 32.9 Å². The van der Waals surface area contributed by atoms with Gasteiger partial charge in [0.2, 0.25) is 0 Å². The van der Waals surface area contributed by atoms with Crippen molar-refractivity contribution >= 4 is 46.3 Å². The molecule has 2 aromatic carbocycles. The monoisotopic (exact) mass is 328 g/mol. The third kappa shape index (κ3) is 2.16. The fourth-order valence-electron chi connectivity index (χ4n) is 2.29. The van der Waals surface area contributed by atoms with Crippen LogP contribution in [0.25, 0.3) is 0 Å². The Morgan fingerprint density at radius 1 is 1.05 bits per heavy atom. The van der Waals surface area contributed by atoms with Gasteiger partial charge in [-0.3, -0.25) is 5.41 Å². The van der Waals surface area contributed by atoms with E-state index in [1.54, 1.807) is 23.1 Å². The molecular formula is C14H8Cl3FN2. The fraction of sp³-hybridized carbons (Fsp3) is 0.0714. The Bertz CT molecular complexity index is 707. The second kappa shape index (κ2) is 4.92. The lowest BCUT2D eigenvalue weighted by Crippen LogP contribution is -2.23. The van der Waals surface area contributed by atoms with Gasteiger partial charge in [0, 0.05) is 10.6 Å². The molecule has 0 radical (unpaired) electrons. The molecule has 0 amide bonds. The number of hydrogen-bond acceptors (Lipinski definition) is 1. The van der Waals surface area contributed by atoms with Crippen LogP contribution in [0.1, 0.15) is 11.1 Å². The molecule has 0 saturated carbocycles. The van der Waals surface area contributed by atoms with E-state index in [1.165, 1.54) is 12.1 Å². The lowest BCUT2D eigenvalue weighted by atomic mass is 10.1. The van der Waals surface area contributed by atoms with Crippen LogP contribution < -0.4 is 4.90 Å². The minimum absolute atomic E-state index is 0.172. The maximum Gasteiger partial charge on any atom is 0.133 e. The van der Waals surface area contributed by atoms with E-state index < -0.39 is 0 Å². The summed E-state index contributed by atoms with van der Waals surface area (Å²) < 4.78 is 13.3. The second-order valence-corrected chi connectivity index (χ2v) is 5.71. The van der Waals surface area contributed by atoms with Gasteiger partial charge in [-0.25, -0.2) is 4.39 Å². The van der Waals surface area contributed by atoms with Gasteiger partial charge in [0.25, 0.3) is 0 Å². The first-order chi connectivity index (χ1) is 9.47. The normalized spacial score (nSPS) is 13.8. The van der Waals surface area contributed by atoms with Crippen molar-refractivity contribution < 1.29 is 4.39 Å². The lowest BCUT2D eigenvalue weighted by molar-refractivity contribution is 0.627. The van der Waals surface area contributed by atoms with Gasteiger partial charge in [0.1, 0.15) is 11.7 Å². The van der Waals surface area contributed by atoms with Crippen LogP contribution in [0.15, 0.2) is 30.3 Å². The first-order valence-corrected chi connectivity index (χ1v) is 6.90. The number of nitrogens with one attached hydrogen (secondary N) is 1. The van der Waals surface area contributed by atoms with Gasteiger partial charge in [-0.15, -0.1) is 0 Å². The zero-order valence-electron chi connectivity index (χ0n) is 10.1. The van der Waals surface area contributed by atoms with E-state index in [1.807, 2.05) is 0 Å². The summed E-state index contributed by atoms with van der Waals surface area (Å²) in [6.45, 7) is 0.426. The van der Waals surface area contributed by atoms with Crippen molar-refractivity contribution in [3.63, 3.8) is 0 Å². The molecule has 20 heavy (non-hydrogen) atoms. The van der Waals surface area contributed by atoms with Crippen LogP contribution in [0.2, 0.25) is 15.1 Å². The Kier molecular flexibility index (Phi) is 3.36. The Balaban J connectivity index is 2.09. The molecule has 1 heterocycles. The number of nitrogens with zero attached hydrogens (tertiary/aromatic N) is 1. The average Bonchev–Trinajstić information content (AvgIpc) is 2.66. The SMILES string of the molecule is N=C1c2cc(F)ccc2CN1c1c(Cl)cc(Cl)cc1Cl. The molecule has 0 atom stereocenters. The van der Waals surface area contributed by atoms with E-state index >= 15 is 0 Å². The quantitative estimate of drug-likeness (QED) is 0.771. The van der Waals surface area contributed by atoms with Crippen molar-refractivity contribution in [2.75, 3.05) is 4.90 Å². The van der Waals surface area contributed by atoms with E-state index in [2.05, 4.69) is 0 Å². The summed E-state index contributed by atoms with van der Waals surface area (Å²) in [5.74, 6) is -0.200. The Morgan fingerprint density at radius 2 is 1.70 bits per heavy atom. The average molecular weight is 330 g/mol. The number of halogens is 4. The number of anilines is 1. The molecule has 0 bridgehead atoms. The molecular weight excluding hydrogens is 322 g/mol. The largest absolute Gasteiger partial charge is 0.319 e. The highest BCUT2D eigenvalue weighted by molar-refractivity contribution is 6.42. The van der Waals surface area contributed by atoms with Crippen LogP contribution in [0.3, 0.4) is 0 Å². The molecule has 0 fully saturated rings. The molecule has 1 N–H and O–H groups in total. The maximum atomic E-state index is 13.3. The highest BCUT2D eigenvalue weighted by Gasteiger charge is 2.28. The Hall–Kier alpha value is -1.29. The number of benzene rings is 2. The van der Waals surface area contributed by atoms with E-state index in [9.17, 15) is 4.39 Å². The number of amidine groups is 1. The van der Waals surface area contributed by atoms with E-state index in [-0.39, 0.29) is 11.7 Å². The molecule has 0 aromatic heterocycles. The second-order valence-electron chi connectivity index (χ2n) is 4.45. The molecule has 0 saturated heterocycles. The summed E-state index contributed by atoms with van der Waals surface area (Å²) >= 11 is 18.2. The van der Waals surface area contributed by atoms with Gasteiger partial charge in [-0.05, 0) is 29.8 Å². The van der Waals surface area contributed by atoms with Gasteiger partial charge in [-0.2, -0.15) is 0 Å². The Morgan fingerprint density at radius 3 is 2.35 bits per heavy atom. The molecule has 0 spiro atoms. The Labute approximate surface area is 130 Å². The van der Waals surface area contributed by atoms with Crippen molar-refractivity contribution in [1.29, 1.82) is 5.41 Å². The zero-order valence-corrected chi connectivity index (χ0v) is 12.3. The summed E-state index contributed by atoms with van der Waals surface area (Å²) in [5, 5.41) is 9.33. The van der Waals surface area contributed by atoms with E-state index in [4.69, 9.17) is 40.2 Å². The topological polar surface area (TPSA) is 27.1 Å². The molecule has 2 aromatic rings. The molecule has 6 heteroatoms. The van der Waals surface area contributed by atoms with Crippen LogP contribution >= 0.6 is 34.8 Å². The van der Waals surface area contributed by atoms with Crippen molar-refractivity contribution in [2.24, 2.45) is 0 Å². The highest BCUT2D eigenvalue weighted by Crippen LogP contribution is 2.40. The van der Waals surface area contributed by atoms with Crippen LogP contribution in [0, 0.1) is 11.2 Å². The third-order valence-electron chi connectivity index (χ3n) is 3.18. The summed E-state index contributed by atoms with van der Waals surface area (Å²) in [5.41, 5.74) is 1.92. The van der Waals surface area contributed by atoms with Crippen molar-refractivity contribution in [1.82, 2.24) is 0 Å². The predicted octanol–water partition coefficient (Wildman–Crippen LogP) is 5.13. The maximum absolute atomic E-state index is 13.3. The summed E-state index contributed by atoms with van der Waals surface area (Å²) in [6.07, 6.45) is 0. The minimum atomic E-state index is -0.372. The van der Waals surface area contributed by atoms with Crippen molar-refractivity contribution in [3.8, 4) is 0 Å². The van der Waals surface area contributed by atoms with Gasteiger partial charge in [-0.1, -0.05) is 40.9 Å². The number of rotatable bonds is 1. The number of hydrogen-bond donors (Lipinski definition) is 1. The van der Waals surface area contributed by atoms with Crippen molar-refractivity contribution in [2.45, 2.75) is 6.54 Å². The van der Waals surface area contributed by atoms with Gasteiger partial charge in [0.15, 0.2) is 0 Å². The first-order valence-electron chi connectivity index (χ1n) is 5.77. The molecule has 0 unspecified atom stereocenters. The van der Waals surface area contributed by atoms with Crippen molar-refractivity contribution in [3.05, 3.63) is 62.3 Å². The number of fused-ring (bicyclic) bond motifs is 1. The van der Waals surface area contributed by atoms with Crippen LogP contribution in [0.5, 0.6) is 0 Å². The first kappa shape index (κ1) is 13.7. The van der Waals surface area contributed by atoms with Crippen LogP contribution in [-0.4, -0.2) is 5.84 Å². The predicted molar refractivity (Wildman–Crippen MR) is 80.9 cm³/mol. The lowest BCUT2D eigenvalue weighted by Gasteiger charge is -2.21. The molecule has 2 nitrogen and oxygen atoms in total. The van der Waals surface area contributed by atoms with Crippen LogP contribution in [-0.2, 0) is 6.54 Å². The van der Waals surface area contributed by atoms with Crippen LogP contribution in [0.4, 0.5) is 10.1 Å². The van der Waals surface area contributed by atoms with Gasteiger partial charge in [0.05, 0.1) is 22.3 Å².